The number of nitrogens with two attached hydrogens (primary N) is 1. The van der Waals surface area contributed by atoms with E-state index in [4.69, 9.17) is 5.73 Å². The summed E-state index contributed by atoms with van der Waals surface area (Å²) in [6.07, 6.45) is 2.91. The number of hydrogen-bond donors (Lipinski definition) is 1. The van der Waals surface area contributed by atoms with Gasteiger partial charge in [-0.2, -0.15) is 0 Å². The number of halogens is 1. The molecule has 110 valence electrons. The summed E-state index contributed by atoms with van der Waals surface area (Å²) in [5.41, 5.74) is 6.24. The first-order valence-electron chi connectivity index (χ1n) is 6.33. The van der Waals surface area contributed by atoms with Crippen molar-refractivity contribution in [1.29, 1.82) is 0 Å². The molecule has 0 aliphatic carbocycles. The number of rotatable bonds is 2. The lowest BCUT2D eigenvalue weighted by molar-refractivity contribution is 0.0707. The van der Waals surface area contributed by atoms with E-state index < -0.39 is 9.84 Å². The number of hydrogen-bond acceptors (Lipinski definition) is 4. The van der Waals surface area contributed by atoms with Crippen molar-refractivity contribution < 1.29 is 13.2 Å². The fourth-order valence-electron chi connectivity index (χ4n) is 2.26. The second-order valence-electron chi connectivity index (χ2n) is 5.07. The molecule has 5 nitrogen and oxygen atoms in total. The fourth-order valence-corrected chi connectivity index (χ4v) is 3.33. The zero-order chi connectivity index (χ0) is 14.9. The maximum atomic E-state index is 12.5. The predicted octanol–water partition coefficient (Wildman–Crippen LogP) is 1.42. The van der Waals surface area contributed by atoms with Crippen LogP contribution in [0.25, 0.3) is 0 Å². The summed E-state index contributed by atoms with van der Waals surface area (Å²) in [5.74, 6) is -0.183. The van der Waals surface area contributed by atoms with E-state index in [2.05, 4.69) is 15.9 Å². The minimum absolute atomic E-state index is 0.00966. The average Bonchev–Trinajstić information content (AvgIpc) is 2.37. The molecule has 0 radical (unpaired) electrons. The highest BCUT2D eigenvalue weighted by molar-refractivity contribution is 9.10. The molecular formula is C13H17BrN2O3S. The molecule has 20 heavy (non-hydrogen) atoms. The Balaban J connectivity index is 2.34. The van der Waals surface area contributed by atoms with Gasteiger partial charge in [-0.15, -0.1) is 0 Å². The Labute approximate surface area is 127 Å². The molecule has 1 aromatic rings. The van der Waals surface area contributed by atoms with Crippen LogP contribution in [0.1, 0.15) is 23.2 Å². The number of amides is 1. The molecule has 0 bridgehead atoms. The molecular weight excluding hydrogens is 344 g/mol. The van der Waals surface area contributed by atoms with Crippen LogP contribution in [0.15, 0.2) is 27.6 Å². The number of nitrogens with zero attached hydrogens (tertiary/aromatic N) is 1. The van der Waals surface area contributed by atoms with Crippen molar-refractivity contribution in [2.75, 3.05) is 19.3 Å². The lowest BCUT2D eigenvalue weighted by Crippen LogP contribution is -2.45. The summed E-state index contributed by atoms with van der Waals surface area (Å²) >= 11 is 3.31. The third-order valence-corrected chi connectivity index (χ3v) is 5.14. The third kappa shape index (κ3) is 3.39. The Morgan fingerprint density at radius 1 is 1.45 bits per heavy atom. The second-order valence-corrected chi connectivity index (χ2v) is 7.94. The van der Waals surface area contributed by atoms with Crippen molar-refractivity contribution in [3.63, 3.8) is 0 Å². The van der Waals surface area contributed by atoms with Crippen molar-refractivity contribution in [3.05, 3.63) is 28.2 Å². The Morgan fingerprint density at radius 3 is 2.75 bits per heavy atom. The molecule has 2 rings (SSSR count). The summed E-state index contributed by atoms with van der Waals surface area (Å²) in [7, 11) is -3.33. The molecule has 1 aliphatic rings. The van der Waals surface area contributed by atoms with Crippen LogP contribution in [0.4, 0.5) is 0 Å². The van der Waals surface area contributed by atoms with Crippen LogP contribution < -0.4 is 5.73 Å². The highest BCUT2D eigenvalue weighted by Crippen LogP contribution is 2.23. The Bertz CT molecular complexity index is 631. The predicted molar refractivity (Wildman–Crippen MR) is 80.4 cm³/mol. The standard InChI is InChI=1S/C13H17BrN2O3S/c1-20(18,19)10-4-5-12(14)11(7-10)13(17)16-6-2-3-9(15)8-16/h4-5,7,9H,2-3,6,8,15H2,1H3/t9-/m0/s1. The van der Waals surface area contributed by atoms with Crippen LogP contribution in [0.5, 0.6) is 0 Å². The molecule has 0 spiro atoms. The number of benzene rings is 1. The van der Waals surface area contributed by atoms with Crippen molar-refractivity contribution >= 4 is 31.7 Å². The van der Waals surface area contributed by atoms with Crippen LogP contribution in [0.3, 0.4) is 0 Å². The van der Waals surface area contributed by atoms with E-state index in [9.17, 15) is 13.2 Å². The monoisotopic (exact) mass is 360 g/mol. The van der Waals surface area contributed by atoms with Gasteiger partial charge >= 0.3 is 0 Å². The summed E-state index contributed by atoms with van der Waals surface area (Å²) < 4.78 is 23.8. The summed E-state index contributed by atoms with van der Waals surface area (Å²) in [6.45, 7) is 1.16. The lowest BCUT2D eigenvalue weighted by Gasteiger charge is -2.31. The van der Waals surface area contributed by atoms with E-state index in [0.29, 0.717) is 23.1 Å². The van der Waals surface area contributed by atoms with Gasteiger partial charge in [0.2, 0.25) is 0 Å². The van der Waals surface area contributed by atoms with E-state index in [1.54, 1.807) is 11.0 Å². The highest BCUT2D eigenvalue weighted by atomic mass is 79.9. The first-order chi connectivity index (χ1) is 9.29. The van der Waals surface area contributed by atoms with E-state index in [1.807, 2.05) is 0 Å². The third-order valence-electron chi connectivity index (χ3n) is 3.34. The molecule has 1 saturated heterocycles. The molecule has 1 atom stereocenters. The fraction of sp³-hybridized carbons (Fsp3) is 0.462. The summed E-state index contributed by atoms with van der Waals surface area (Å²) in [4.78, 5) is 14.3. The first kappa shape index (κ1) is 15.5. The van der Waals surface area contributed by atoms with Gasteiger partial charge in [0.25, 0.3) is 5.91 Å². The number of carbonyl (C=O) groups excluding carboxylic acids is 1. The maximum Gasteiger partial charge on any atom is 0.255 e. The normalized spacial score (nSPS) is 19.9. The van der Waals surface area contributed by atoms with E-state index in [1.165, 1.54) is 12.1 Å². The molecule has 1 heterocycles. The topological polar surface area (TPSA) is 80.5 Å². The van der Waals surface area contributed by atoms with Gasteiger partial charge in [0.05, 0.1) is 10.5 Å². The van der Waals surface area contributed by atoms with Gasteiger partial charge < -0.3 is 10.6 Å². The van der Waals surface area contributed by atoms with Crippen molar-refractivity contribution in [3.8, 4) is 0 Å². The minimum atomic E-state index is -3.33. The van der Waals surface area contributed by atoms with Gasteiger partial charge in [0, 0.05) is 29.9 Å². The number of likely N-dealkylation sites (tertiary alicyclic amines) is 1. The molecule has 1 aromatic carbocycles. The average molecular weight is 361 g/mol. The molecule has 0 aromatic heterocycles. The molecule has 0 saturated carbocycles. The Hall–Kier alpha value is -0.920. The number of piperidine rings is 1. The van der Waals surface area contributed by atoms with E-state index >= 15 is 0 Å². The molecule has 2 N–H and O–H groups in total. The second kappa shape index (κ2) is 5.83. The quantitative estimate of drug-likeness (QED) is 0.864. The van der Waals surface area contributed by atoms with Gasteiger partial charge in [-0.3, -0.25) is 4.79 Å². The summed E-state index contributed by atoms with van der Waals surface area (Å²) in [6, 6.07) is 4.48. The molecule has 0 unspecified atom stereocenters. The van der Waals surface area contributed by atoms with Gasteiger partial charge in [0.15, 0.2) is 9.84 Å². The smallest absolute Gasteiger partial charge is 0.255 e. The number of carbonyl (C=O) groups is 1. The largest absolute Gasteiger partial charge is 0.337 e. The van der Waals surface area contributed by atoms with Gasteiger partial charge in [-0.25, -0.2) is 8.42 Å². The van der Waals surface area contributed by atoms with Crippen molar-refractivity contribution in [2.24, 2.45) is 5.73 Å². The van der Waals surface area contributed by atoms with Crippen LogP contribution in [-0.2, 0) is 9.84 Å². The van der Waals surface area contributed by atoms with Crippen LogP contribution in [0.2, 0.25) is 0 Å². The molecule has 7 heteroatoms. The van der Waals surface area contributed by atoms with E-state index in [-0.39, 0.29) is 16.8 Å². The van der Waals surface area contributed by atoms with E-state index in [0.717, 1.165) is 19.1 Å². The highest BCUT2D eigenvalue weighted by Gasteiger charge is 2.24. The first-order valence-corrected chi connectivity index (χ1v) is 9.02. The molecule has 1 fully saturated rings. The minimum Gasteiger partial charge on any atom is -0.337 e. The SMILES string of the molecule is CS(=O)(=O)c1ccc(Br)c(C(=O)N2CCC[C@H](N)C2)c1. The molecule has 1 aliphatic heterocycles. The van der Waals surface area contributed by atoms with Crippen molar-refractivity contribution in [2.45, 2.75) is 23.8 Å². The zero-order valence-electron chi connectivity index (χ0n) is 11.2. The van der Waals surface area contributed by atoms with Crippen molar-refractivity contribution in [1.82, 2.24) is 4.90 Å². The number of sulfone groups is 1. The lowest BCUT2D eigenvalue weighted by atomic mass is 10.1. The maximum absolute atomic E-state index is 12.5. The van der Waals surface area contributed by atoms with Crippen LogP contribution in [0, 0.1) is 0 Å². The molecule has 1 amide bonds. The van der Waals surface area contributed by atoms with Gasteiger partial charge in [0.1, 0.15) is 0 Å². The van der Waals surface area contributed by atoms with Gasteiger partial charge in [-0.05, 0) is 47.0 Å². The van der Waals surface area contributed by atoms with Gasteiger partial charge in [-0.1, -0.05) is 0 Å². The summed E-state index contributed by atoms with van der Waals surface area (Å²) in [5, 5.41) is 0. The van der Waals surface area contributed by atoms with Crippen LogP contribution >= 0.6 is 15.9 Å². The van der Waals surface area contributed by atoms with Crippen LogP contribution in [-0.4, -0.2) is 44.6 Å². The Kier molecular flexibility index (Phi) is 4.51. The Morgan fingerprint density at radius 2 is 2.15 bits per heavy atom. The zero-order valence-corrected chi connectivity index (χ0v) is 13.6.